The van der Waals surface area contributed by atoms with Gasteiger partial charge in [0.15, 0.2) is 0 Å². The Morgan fingerprint density at radius 1 is 1.36 bits per heavy atom. The quantitative estimate of drug-likeness (QED) is 0.588. The van der Waals surface area contributed by atoms with Gasteiger partial charge in [0.1, 0.15) is 0 Å². The highest BCUT2D eigenvalue weighted by Gasteiger charge is 2.37. The van der Waals surface area contributed by atoms with E-state index < -0.39 is 12.1 Å². The van der Waals surface area contributed by atoms with Crippen LogP contribution >= 0.6 is 0 Å². The van der Waals surface area contributed by atoms with Crippen LogP contribution in [0.25, 0.3) is 0 Å². The third-order valence-corrected chi connectivity index (χ3v) is 1.79. The van der Waals surface area contributed by atoms with E-state index in [0.717, 1.165) is 0 Å². The summed E-state index contributed by atoms with van der Waals surface area (Å²) in [5, 5.41) is 0. The van der Waals surface area contributed by atoms with Crippen LogP contribution in [0.2, 0.25) is 0 Å². The molecule has 0 aliphatic carbocycles. The predicted octanol–water partition coefficient (Wildman–Crippen LogP) is 4.73. The Hall–Kier alpha value is -0.730. The minimum absolute atomic E-state index is 0.373. The SMILES string of the molecule is C=C/C=C(\CC)C(C)C(F)(F)F.CC. The number of hydrogen-bond acceptors (Lipinski definition) is 0. The second kappa shape index (κ2) is 7.65. The van der Waals surface area contributed by atoms with Gasteiger partial charge in [-0.15, -0.1) is 0 Å². The van der Waals surface area contributed by atoms with Crippen LogP contribution in [0.5, 0.6) is 0 Å². The summed E-state index contributed by atoms with van der Waals surface area (Å²) in [5.74, 6) is -1.36. The van der Waals surface area contributed by atoms with E-state index in [-0.39, 0.29) is 0 Å². The van der Waals surface area contributed by atoms with Crippen molar-refractivity contribution in [3.05, 3.63) is 24.3 Å². The summed E-state index contributed by atoms with van der Waals surface area (Å²) in [5.41, 5.74) is 0.373. The number of rotatable bonds is 3. The third-order valence-electron chi connectivity index (χ3n) is 1.79. The van der Waals surface area contributed by atoms with E-state index in [1.165, 1.54) is 19.1 Å². The normalized spacial score (nSPS) is 14.1. The predicted molar refractivity (Wildman–Crippen MR) is 55.1 cm³/mol. The molecule has 0 heterocycles. The topological polar surface area (TPSA) is 0 Å². The molecule has 14 heavy (non-hydrogen) atoms. The second-order valence-electron chi connectivity index (χ2n) is 2.59. The fraction of sp³-hybridized carbons (Fsp3) is 0.636. The maximum absolute atomic E-state index is 12.1. The van der Waals surface area contributed by atoms with Crippen molar-refractivity contribution in [2.24, 2.45) is 5.92 Å². The molecule has 0 N–H and O–H groups in total. The van der Waals surface area contributed by atoms with Crippen LogP contribution in [-0.2, 0) is 0 Å². The average molecular weight is 208 g/mol. The van der Waals surface area contributed by atoms with Crippen LogP contribution in [0.15, 0.2) is 24.3 Å². The molecule has 0 aromatic carbocycles. The summed E-state index contributed by atoms with van der Waals surface area (Å²) in [6.45, 7) is 10.2. The molecule has 1 unspecified atom stereocenters. The van der Waals surface area contributed by atoms with Crippen molar-refractivity contribution in [1.82, 2.24) is 0 Å². The molecule has 0 aliphatic heterocycles. The number of allylic oxidation sites excluding steroid dienone is 3. The van der Waals surface area contributed by atoms with Crippen molar-refractivity contribution < 1.29 is 13.2 Å². The highest BCUT2D eigenvalue weighted by molar-refractivity contribution is 5.13. The van der Waals surface area contributed by atoms with Crippen molar-refractivity contribution in [3.8, 4) is 0 Å². The molecule has 0 nitrogen and oxygen atoms in total. The first-order valence-corrected chi connectivity index (χ1v) is 4.81. The Morgan fingerprint density at radius 3 is 2.00 bits per heavy atom. The average Bonchev–Trinajstić information content (AvgIpc) is 2.15. The second-order valence-corrected chi connectivity index (χ2v) is 2.59. The fourth-order valence-electron chi connectivity index (χ4n) is 0.930. The lowest BCUT2D eigenvalue weighted by atomic mass is 9.98. The molecule has 0 saturated carbocycles. The highest BCUT2D eigenvalue weighted by atomic mass is 19.4. The molecule has 0 fully saturated rings. The van der Waals surface area contributed by atoms with E-state index in [1.54, 1.807) is 6.92 Å². The van der Waals surface area contributed by atoms with Gasteiger partial charge < -0.3 is 0 Å². The minimum Gasteiger partial charge on any atom is -0.170 e. The molecule has 84 valence electrons. The lowest BCUT2D eigenvalue weighted by Gasteiger charge is -2.17. The summed E-state index contributed by atoms with van der Waals surface area (Å²) in [6, 6.07) is 0. The Bertz CT molecular complexity index is 177. The molecular formula is C11H19F3. The first-order chi connectivity index (χ1) is 6.43. The monoisotopic (exact) mass is 208 g/mol. The van der Waals surface area contributed by atoms with Crippen LogP contribution in [0.1, 0.15) is 34.1 Å². The maximum atomic E-state index is 12.1. The summed E-state index contributed by atoms with van der Waals surface area (Å²) in [4.78, 5) is 0. The lowest BCUT2D eigenvalue weighted by Crippen LogP contribution is -2.21. The van der Waals surface area contributed by atoms with Gasteiger partial charge in [-0.25, -0.2) is 0 Å². The van der Waals surface area contributed by atoms with Crippen molar-refractivity contribution in [2.75, 3.05) is 0 Å². The molecule has 0 bridgehead atoms. The minimum atomic E-state index is -4.13. The van der Waals surface area contributed by atoms with Crippen molar-refractivity contribution in [2.45, 2.75) is 40.3 Å². The molecule has 0 radical (unpaired) electrons. The maximum Gasteiger partial charge on any atom is 0.395 e. The summed E-state index contributed by atoms with van der Waals surface area (Å²) in [7, 11) is 0. The van der Waals surface area contributed by atoms with E-state index >= 15 is 0 Å². The van der Waals surface area contributed by atoms with Gasteiger partial charge in [0.05, 0.1) is 5.92 Å². The van der Waals surface area contributed by atoms with Crippen LogP contribution in [0.3, 0.4) is 0 Å². The molecule has 0 saturated heterocycles. The molecule has 0 amide bonds. The molecule has 0 aromatic heterocycles. The van der Waals surface area contributed by atoms with E-state index in [0.29, 0.717) is 12.0 Å². The zero-order chi connectivity index (χ0) is 11.8. The van der Waals surface area contributed by atoms with Crippen LogP contribution in [-0.4, -0.2) is 6.18 Å². The van der Waals surface area contributed by atoms with E-state index in [1.807, 2.05) is 13.8 Å². The summed E-state index contributed by atoms with van der Waals surface area (Å²) < 4.78 is 36.4. The molecular weight excluding hydrogens is 189 g/mol. The van der Waals surface area contributed by atoms with Crippen molar-refractivity contribution in [1.29, 1.82) is 0 Å². The zero-order valence-corrected chi connectivity index (χ0v) is 9.28. The molecule has 0 spiro atoms. The number of hydrogen-bond donors (Lipinski definition) is 0. The smallest absolute Gasteiger partial charge is 0.170 e. The number of alkyl halides is 3. The highest BCUT2D eigenvalue weighted by Crippen LogP contribution is 2.32. The fourth-order valence-corrected chi connectivity index (χ4v) is 0.930. The van der Waals surface area contributed by atoms with Gasteiger partial charge in [0.2, 0.25) is 0 Å². The third kappa shape index (κ3) is 5.84. The van der Waals surface area contributed by atoms with Gasteiger partial charge >= 0.3 is 6.18 Å². The standard InChI is InChI=1S/C9H13F3.C2H6/c1-4-6-8(5-2)7(3)9(10,11)12;1-2/h4,6-7H,1,5H2,2-3H3;1-2H3/b8-6+;. The van der Waals surface area contributed by atoms with Crippen molar-refractivity contribution in [3.63, 3.8) is 0 Å². The van der Waals surface area contributed by atoms with Crippen molar-refractivity contribution >= 4 is 0 Å². The van der Waals surface area contributed by atoms with Gasteiger partial charge in [0, 0.05) is 0 Å². The largest absolute Gasteiger partial charge is 0.395 e. The first kappa shape index (κ1) is 15.7. The van der Waals surface area contributed by atoms with Gasteiger partial charge in [-0.2, -0.15) is 13.2 Å². The van der Waals surface area contributed by atoms with Crippen LogP contribution in [0, 0.1) is 5.92 Å². The Labute approximate surface area is 84.5 Å². The number of halogens is 3. The van der Waals surface area contributed by atoms with Gasteiger partial charge in [-0.1, -0.05) is 45.1 Å². The Morgan fingerprint density at radius 2 is 1.79 bits per heavy atom. The molecule has 1 atom stereocenters. The zero-order valence-electron chi connectivity index (χ0n) is 9.28. The van der Waals surface area contributed by atoms with E-state index in [2.05, 4.69) is 6.58 Å². The molecule has 3 heteroatoms. The van der Waals surface area contributed by atoms with Gasteiger partial charge in [-0.05, 0) is 13.3 Å². The molecule has 0 aromatic rings. The molecule has 0 aliphatic rings. The van der Waals surface area contributed by atoms with E-state index in [9.17, 15) is 13.2 Å². The lowest BCUT2D eigenvalue weighted by molar-refractivity contribution is -0.159. The molecule has 0 rings (SSSR count). The van der Waals surface area contributed by atoms with Gasteiger partial charge in [0.25, 0.3) is 0 Å². The van der Waals surface area contributed by atoms with Crippen LogP contribution in [0.4, 0.5) is 13.2 Å². The van der Waals surface area contributed by atoms with E-state index in [4.69, 9.17) is 0 Å². The Balaban J connectivity index is 0. The summed E-state index contributed by atoms with van der Waals surface area (Å²) in [6.07, 6.45) is -0.906. The van der Waals surface area contributed by atoms with Crippen LogP contribution < -0.4 is 0 Å². The Kier molecular flexibility index (Phi) is 8.60. The first-order valence-electron chi connectivity index (χ1n) is 4.81. The van der Waals surface area contributed by atoms with Gasteiger partial charge in [-0.3, -0.25) is 0 Å². The summed E-state index contributed by atoms with van der Waals surface area (Å²) >= 11 is 0.